The Labute approximate surface area is 112 Å². The number of aliphatic hydroxyl groups excluding tert-OH is 1. The maximum Gasteiger partial charge on any atom is 0.224 e. The van der Waals surface area contributed by atoms with Gasteiger partial charge in [-0.05, 0) is 26.2 Å². The second-order valence-corrected chi connectivity index (χ2v) is 4.83. The summed E-state index contributed by atoms with van der Waals surface area (Å²) < 4.78 is 0. The van der Waals surface area contributed by atoms with Crippen molar-refractivity contribution in [2.45, 2.75) is 32.2 Å². The summed E-state index contributed by atoms with van der Waals surface area (Å²) in [5.74, 6) is 1.31. The van der Waals surface area contributed by atoms with Gasteiger partial charge < -0.3 is 15.3 Å². The average Bonchev–Trinajstić information content (AvgIpc) is 2.41. The number of nitrogens with one attached hydrogen (secondary N) is 1. The zero-order valence-corrected chi connectivity index (χ0v) is 11.3. The summed E-state index contributed by atoms with van der Waals surface area (Å²) in [6.45, 7) is 3.78. The Bertz CT molecular complexity index is 402. The molecule has 1 aromatic heterocycles. The molecule has 100 valence electrons. The van der Waals surface area contributed by atoms with E-state index in [9.17, 15) is 5.11 Å². The van der Waals surface area contributed by atoms with E-state index in [1.165, 1.54) is 0 Å². The van der Waals surface area contributed by atoms with Crippen LogP contribution >= 0.6 is 11.6 Å². The van der Waals surface area contributed by atoms with E-state index in [0.717, 1.165) is 38.2 Å². The lowest BCUT2D eigenvalue weighted by Gasteiger charge is -2.36. The maximum absolute atomic E-state index is 9.44. The molecule has 5 nitrogen and oxygen atoms in total. The summed E-state index contributed by atoms with van der Waals surface area (Å²) in [6.07, 6.45) is 4.84. The first-order chi connectivity index (χ1) is 8.76. The number of hydrogen-bond acceptors (Lipinski definition) is 5. The number of nitrogens with zero attached hydrogens (tertiary/aromatic N) is 3. The molecule has 0 bridgehead atoms. The number of halogens is 1. The minimum Gasteiger partial charge on any atom is -0.394 e. The third kappa shape index (κ3) is 2.84. The molecule has 18 heavy (non-hydrogen) atoms. The van der Waals surface area contributed by atoms with Crippen molar-refractivity contribution in [2.75, 3.05) is 29.9 Å². The summed E-state index contributed by atoms with van der Waals surface area (Å²) in [5.41, 5.74) is 0. The van der Waals surface area contributed by atoms with E-state index in [-0.39, 0.29) is 12.6 Å². The predicted octanol–water partition coefficient (Wildman–Crippen LogP) is 1.91. The van der Waals surface area contributed by atoms with Gasteiger partial charge in [0.25, 0.3) is 0 Å². The summed E-state index contributed by atoms with van der Waals surface area (Å²) in [5, 5.41) is 13.1. The maximum atomic E-state index is 9.44. The fourth-order valence-electron chi connectivity index (χ4n) is 2.27. The number of anilines is 2. The molecule has 6 heteroatoms. The first-order valence-corrected chi connectivity index (χ1v) is 6.78. The van der Waals surface area contributed by atoms with Crippen LogP contribution in [0.4, 0.5) is 11.8 Å². The van der Waals surface area contributed by atoms with Crippen LogP contribution in [0.3, 0.4) is 0 Å². The molecular weight excluding hydrogens is 252 g/mol. The number of hydrogen-bond donors (Lipinski definition) is 2. The van der Waals surface area contributed by atoms with Crippen molar-refractivity contribution >= 4 is 23.4 Å². The normalized spacial score (nSPS) is 19.9. The van der Waals surface area contributed by atoms with Gasteiger partial charge in [0.15, 0.2) is 5.82 Å². The molecule has 0 amide bonds. The fourth-order valence-corrected chi connectivity index (χ4v) is 2.47. The molecule has 1 aliphatic rings. The topological polar surface area (TPSA) is 61.3 Å². The van der Waals surface area contributed by atoms with Crippen molar-refractivity contribution in [1.29, 1.82) is 0 Å². The van der Waals surface area contributed by atoms with Crippen LogP contribution < -0.4 is 10.2 Å². The van der Waals surface area contributed by atoms with Gasteiger partial charge in [-0.1, -0.05) is 11.6 Å². The number of aliphatic hydroxyl groups is 1. The third-order valence-electron chi connectivity index (χ3n) is 3.17. The van der Waals surface area contributed by atoms with Crippen molar-refractivity contribution in [3.8, 4) is 0 Å². The third-order valence-corrected chi connectivity index (χ3v) is 3.44. The molecule has 0 aromatic carbocycles. The van der Waals surface area contributed by atoms with Crippen molar-refractivity contribution in [1.82, 2.24) is 9.97 Å². The van der Waals surface area contributed by atoms with E-state index >= 15 is 0 Å². The molecule has 2 rings (SSSR count). The molecule has 0 spiro atoms. The van der Waals surface area contributed by atoms with Crippen LogP contribution in [0.15, 0.2) is 6.20 Å². The van der Waals surface area contributed by atoms with Crippen molar-refractivity contribution in [3.05, 3.63) is 11.2 Å². The van der Waals surface area contributed by atoms with Crippen LogP contribution in [0.2, 0.25) is 5.02 Å². The molecule has 2 N–H and O–H groups in total. The first-order valence-electron chi connectivity index (χ1n) is 6.40. The number of piperidine rings is 1. The Hall–Kier alpha value is -1.07. The number of aromatic nitrogens is 2. The van der Waals surface area contributed by atoms with Gasteiger partial charge in [0, 0.05) is 13.1 Å². The molecular formula is C12H19ClN4O. The lowest BCUT2D eigenvalue weighted by molar-refractivity contribution is 0.239. The SMILES string of the molecule is CCNc1ncc(Cl)c(N2CCCCC2CO)n1. The minimum atomic E-state index is 0.112. The molecule has 1 atom stereocenters. The van der Waals surface area contributed by atoms with Gasteiger partial charge in [0.1, 0.15) is 5.02 Å². The molecule has 1 aliphatic heterocycles. The second kappa shape index (κ2) is 6.20. The minimum absolute atomic E-state index is 0.112. The highest BCUT2D eigenvalue weighted by molar-refractivity contribution is 6.32. The van der Waals surface area contributed by atoms with Crippen LogP contribution in [-0.2, 0) is 0 Å². The molecule has 1 fully saturated rings. The van der Waals surface area contributed by atoms with Gasteiger partial charge in [-0.15, -0.1) is 0 Å². The molecule has 2 heterocycles. The van der Waals surface area contributed by atoms with Crippen LogP contribution in [0, 0.1) is 0 Å². The largest absolute Gasteiger partial charge is 0.394 e. The van der Waals surface area contributed by atoms with Gasteiger partial charge in [0.05, 0.1) is 18.8 Å². The van der Waals surface area contributed by atoms with Gasteiger partial charge in [-0.3, -0.25) is 0 Å². The summed E-state index contributed by atoms with van der Waals surface area (Å²) in [7, 11) is 0. The average molecular weight is 271 g/mol. The van der Waals surface area contributed by atoms with Crippen LogP contribution in [0.25, 0.3) is 0 Å². The molecule has 1 aromatic rings. The molecule has 0 radical (unpaired) electrons. The van der Waals surface area contributed by atoms with E-state index in [0.29, 0.717) is 11.0 Å². The highest BCUT2D eigenvalue weighted by Crippen LogP contribution is 2.29. The molecule has 1 unspecified atom stereocenters. The van der Waals surface area contributed by atoms with E-state index in [4.69, 9.17) is 11.6 Å². The Morgan fingerprint density at radius 2 is 2.39 bits per heavy atom. The van der Waals surface area contributed by atoms with Crippen LogP contribution in [0.5, 0.6) is 0 Å². The first kappa shape index (κ1) is 13.4. The Kier molecular flexibility index (Phi) is 4.60. The molecule has 1 saturated heterocycles. The van der Waals surface area contributed by atoms with Crippen molar-refractivity contribution in [2.24, 2.45) is 0 Å². The Morgan fingerprint density at radius 1 is 1.56 bits per heavy atom. The summed E-state index contributed by atoms with van der Waals surface area (Å²) >= 11 is 6.18. The van der Waals surface area contributed by atoms with Gasteiger partial charge in [0.2, 0.25) is 5.95 Å². The van der Waals surface area contributed by atoms with E-state index in [2.05, 4.69) is 20.2 Å². The van der Waals surface area contributed by atoms with E-state index in [1.54, 1.807) is 6.20 Å². The van der Waals surface area contributed by atoms with Crippen LogP contribution in [-0.4, -0.2) is 40.8 Å². The smallest absolute Gasteiger partial charge is 0.224 e. The van der Waals surface area contributed by atoms with E-state index < -0.39 is 0 Å². The molecule has 0 saturated carbocycles. The van der Waals surface area contributed by atoms with Crippen LogP contribution in [0.1, 0.15) is 26.2 Å². The Morgan fingerprint density at radius 3 is 3.11 bits per heavy atom. The van der Waals surface area contributed by atoms with Gasteiger partial charge in [-0.2, -0.15) is 4.98 Å². The predicted molar refractivity (Wildman–Crippen MR) is 73.3 cm³/mol. The zero-order valence-electron chi connectivity index (χ0n) is 10.6. The van der Waals surface area contributed by atoms with Crippen molar-refractivity contribution < 1.29 is 5.11 Å². The summed E-state index contributed by atoms with van der Waals surface area (Å²) in [4.78, 5) is 10.7. The fraction of sp³-hybridized carbons (Fsp3) is 0.667. The van der Waals surface area contributed by atoms with Gasteiger partial charge >= 0.3 is 0 Å². The molecule has 0 aliphatic carbocycles. The quantitative estimate of drug-likeness (QED) is 0.875. The standard InChI is InChI=1S/C12H19ClN4O/c1-2-14-12-15-7-10(13)11(16-12)17-6-4-3-5-9(17)8-18/h7,9,18H,2-6,8H2,1H3,(H,14,15,16). The van der Waals surface area contributed by atoms with Crippen molar-refractivity contribution in [3.63, 3.8) is 0 Å². The monoisotopic (exact) mass is 270 g/mol. The van der Waals surface area contributed by atoms with Gasteiger partial charge in [-0.25, -0.2) is 4.98 Å². The lowest BCUT2D eigenvalue weighted by atomic mass is 10.0. The second-order valence-electron chi connectivity index (χ2n) is 4.42. The lowest BCUT2D eigenvalue weighted by Crippen LogP contribution is -2.42. The highest BCUT2D eigenvalue weighted by Gasteiger charge is 2.25. The number of rotatable bonds is 4. The summed E-state index contributed by atoms with van der Waals surface area (Å²) in [6, 6.07) is 0.112. The zero-order chi connectivity index (χ0) is 13.0. The van der Waals surface area contributed by atoms with E-state index in [1.807, 2.05) is 6.92 Å². The Balaban J connectivity index is 2.26. The highest BCUT2D eigenvalue weighted by atomic mass is 35.5.